The maximum atomic E-state index is 12.8. The van der Waals surface area contributed by atoms with Crippen molar-refractivity contribution in [2.45, 2.75) is 316 Å². The van der Waals surface area contributed by atoms with Gasteiger partial charge in [0.05, 0.1) is 0 Å². The lowest BCUT2D eigenvalue weighted by atomic mass is 10.0. The Hall–Kier alpha value is -2.37. The Morgan fingerprint density at radius 2 is 0.545 bits per heavy atom. The van der Waals surface area contributed by atoms with E-state index < -0.39 is 6.10 Å². The van der Waals surface area contributed by atoms with Crippen molar-refractivity contribution in [3.8, 4) is 0 Å². The molecule has 1 unspecified atom stereocenters. The van der Waals surface area contributed by atoms with Crippen LogP contribution < -0.4 is 0 Å². The van der Waals surface area contributed by atoms with Gasteiger partial charge in [-0.25, -0.2) is 0 Å². The minimum absolute atomic E-state index is 0.0678. The van der Waals surface area contributed by atoms with E-state index in [-0.39, 0.29) is 31.1 Å². The van der Waals surface area contributed by atoms with Crippen molar-refractivity contribution in [2.75, 3.05) is 13.2 Å². The lowest BCUT2D eigenvalue weighted by Crippen LogP contribution is -2.30. The number of unbranched alkanes of at least 4 members (excludes halogenated alkanes) is 36. The third-order valence-electron chi connectivity index (χ3n) is 12.9. The van der Waals surface area contributed by atoms with E-state index in [2.05, 4.69) is 57.2 Å². The van der Waals surface area contributed by atoms with Crippen LogP contribution in [0, 0.1) is 0 Å². The van der Waals surface area contributed by atoms with E-state index in [1.54, 1.807) is 0 Å². The summed E-state index contributed by atoms with van der Waals surface area (Å²) in [6.45, 7) is 6.63. The zero-order valence-corrected chi connectivity index (χ0v) is 44.2. The summed E-state index contributed by atoms with van der Waals surface area (Å²) in [5.74, 6) is -0.858. The van der Waals surface area contributed by atoms with Crippen LogP contribution in [0.1, 0.15) is 310 Å². The van der Waals surface area contributed by atoms with Gasteiger partial charge in [-0.15, -0.1) is 0 Å². The maximum absolute atomic E-state index is 12.8. The number of hydrogen-bond acceptors (Lipinski definition) is 6. The van der Waals surface area contributed by atoms with Crippen molar-refractivity contribution < 1.29 is 28.6 Å². The zero-order valence-electron chi connectivity index (χ0n) is 44.2. The molecule has 1 atom stereocenters. The molecule has 0 saturated carbocycles. The standard InChI is InChI=1S/C60H110O6/c1-4-7-10-13-16-19-21-23-24-25-26-27-28-29-30-31-32-33-34-35-36-37-39-41-44-47-50-53-59(62)65-56-57(55-64-58(61)52-49-46-43-40-18-15-12-9-6-3)66-60(63)54-51-48-45-42-38-22-20-17-14-11-8-5-2/h21,23,25-26,28-29,57H,4-20,22,24,27,30-56H2,1-3H3/b23-21-,26-25-,29-28-. The lowest BCUT2D eigenvalue weighted by Gasteiger charge is -2.18. The van der Waals surface area contributed by atoms with Crippen molar-refractivity contribution in [1.82, 2.24) is 0 Å². The molecule has 66 heavy (non-hydrogen) atoms. The molecule has 0 radical (unpaired) electrons. The molecule has 0 aromatic heterocycles. The number of carbonyl (C=O) groups is 3. The zero-order chi connectivity index (χ0) is 47.9. The second-order valence-electron chi connectivity index (χ2n) is 19.6. The van der Waals surface area contributed by atoms with Crippen molar-refractivity contribution in [2.24, 2.45) is 0 Å². The van der Waals surface area contributed by atoms with Crippen LogP contribution in [0.5, 0.6) is 0 Å². The Morgan fingerprint density at radius 3 is 0.848 bits per heavy atom. The summed E-state index contributed by atoms with van der Waals surface area (Å²) < 4.78 is 16.8. The van der Waals surface area contributed by atoms with E-state index in [0.29, 0.717) is 19.3 Å². The highest BCUT2D eigenvalue weighted by molar-refractivity contribution is 5.71. The van der Waals surface area contributed by atoms with Gasteiger partial charge in [-0.05, 0) is 57.8 Å². The monoisotopic (exact) mass is 927 g/mol. The first-order valence-corrected chi connectivity index (χ1v) is 29.0. The van der Waals surface area contributed by atoms with Crippen molar-refractivity contribution in [3.05, 3.63) is 36.5 Å². The van der Waals surface area contributed by atoms with Crippen LogP contribution in [-0.4, -0.2) is 37.2 Å². The topological polar surface area (TPSA) is 78.9 Å². The predicted molar refractivity (Wildman–Crippen MR) is 284 cm³/mol. The molecular weight excluding hydrogens is 817 g/mol. The minimum atomic E-state index is -0.766. The molecular formula is C60H110O6. The molecule has 0 spiro atoms. The fraction of sp³-hybridized carbons (Fsp3) is 0.850. The molecule has 0 aliphatic rings. The van der Waals surface area contributed by atoms with Gasteiger partial charge in [0.1, 0.15) is 13.2 Å². The fourth-order valence-corrected chi connectivity index (χ4v) is 8.51. The average molecular weight is 928 g/mol. The summed E-state index contributed by atoms with van der Waals surface area (Å²) in [5.41, 5.74) is 0. The number of allylic oxidation sites excluding steroid dienone is 6. The number of hydrogen-bond donors (Lipinski definition) is 0. The lowest BCUT2D eigenvalue weighted by molar-refractivity contribution is -0.167. The highest BCUT2D eigenvalue weighted by Gasteiger charge is 2.19. The van der Waals surface area contributed by atoms with Crippen LogP contribution >= 0.6 is 0 Å². The molecule has 6 nitrogen and oxygen atoms in total. The summed E-state index contributed by atoms with van der Waals surface area (Å²) in [7, 11) is 0. The minimum Gasteiger partial charge on any atom is -0.462 e. The Labute approximate surface area is 410 Å². The van der Waals surface area contributed by atoms with E-state index in [0.717, 1.165) is 70.6 Å². The summed E-state index contributed by atoms with van der Waals surface area (Å²) in [6.07, 6.45) is 65.8. The Morgan fingerprint density at radius 1 is 0.303 bits per heavy atom. The summed E-state index contributed by atoms with van der Waals surface area (Å²) in [4.78, 5) is 37.9. The third-order valence-corrected chi connectivity index (χ3v) is 12.9. The van der Waals surface area contributed by atoms with Gasteiger partial charge >= 0.3 is 17.9 Å². The molecule has 0 aliphatic heterocycles. The highest BCUT2D eigenvalue weighted by Crippen LogP contribution is 2.16. The molecule has 0 fully saturated rings. The summed E-state index contributed by atoms with van der Waals surface area (Å²) >= 11 is 0. The summed E-state index contributed by atoms with van der Waals surface area (Å²) in [5, 5.41) is 0. The number of rotatable bonds is 53. The van der Waals surface area contributed by atoms with Crippen LogP contribution in [0.15, 0.2) is 36.5 Å². The van der Waals surface area contributed by atoms with Gasteiger partial charge in [0, 0.05) is 19.3 Å². The van der Waals surface area contributed by atoms with Crippen molar-refractivity contribution >= 4 is 17.9 Å². The summed E-state index contributed by atoms with van der Waals surface area (Å²) in [6, 6.07) is 0. The average Bonchev–Trinajstić information content (AvgIpc) is 3.31. The first kappa shape index (κ1) is 63.6. The molecule has 386 valence electrons. The van der Waals surface area contributed by atoms with E-state index in [1.807, 2.05) is 0 Å². The Balaban J connectivity index is 4.12. The molecule has 0 rings (SSSR count). The fourth-order valence-electron chi connectivity index (χ4n) is 8.51. The molecule has 0 aliphatic carbocycles. The SMILES string of the molecule is CCCCCCC/C=C\C/C=C\C/C=C\CCCCCCCCCCCCCCC(=O)OCC(COC(=O)CCCCCCCCCCC)OC(=O)CCCCCCCCCCCCCC. The van der Waals surface area contributed by atoms with Crippen LogP contribution in [-0.2, 0) is 28.6 Å². The molecule has 0 amide bonds. The van der Waals surface area contributed by atoms with Gasteiger partial charge in [-0.2, -0.15) is 0 Å². The van der Waals surface area contributed by atoms with Gasteiger partial charge < -0.3 is 14.2 Å². The van der Waals surface area contributed by atoms with Gasteiger partial charge in [0.25, 0.3) is 0 Å². The van der Waals surface area contributed by atoms with Gasteiger partial charge in [-0.1, -0.05) is 269 Å². The molecule has 0 aromatic carbocycles. The van der Waals surface area contributed by atoms with Crippen molar-refractivity contribution in [3.63, 3.8) is 0 Å². The first-order chi connectivity index (χ1) is 32.5. The Kier molecular flexibility index (Phi) is 53.2. The number of carbonyl (C=O) groups excluding carboxylic acids is 3. The van der Waals surface area contributed by atoms with Crippen molar-refractivity contribution in [1.29, 1.82) is 0 Å². The largest absolute Gasteiger partial charge is 0.462 e. The Bertz CT molecular complexity index is 1110. The third kappa shape index (κ3) is 52.6. The molecule has 0 aromatic rings. The first-order valence-electron chi connectivity index (χ1n) is 29.0. The highest BCUT2D eigenvalue weighted by atomic mass is 16.6. The van der Waals surface area contributed by atoms with Crippen LogP contribution in [0.25, 0.3) is 0 Å². The second-order valence-corrected chi connectivity index (χ2v) is 19.6. The quantitative estimate of drug-likeness (QED) is 0.0262. The van der Waals surface area contributed by atoms with E-state index >= 15 is 0 Å². The van der Waals surface area contributed by atoms with E-state index in [1.165, 1.54) is 199 Å². The number of ether oxygens (including phenoxy) is 3. The van der Waals surface area contributed by atoms with Crippen LogP contribution in [0.2, 0.25) is 0 Å². The van der Waals surface area contributed by atoms with Crippen LogP contribution in [0.3, 0.4) is 0 Å². The molecule has 0 saturated heterocycles. The molecule has 0 N–H and O–H groups in total. The van der Waals surface area contributed by atoms with E-state index in [4.69, 9.17) is 14.2 Å². The number of esters is 3. The van der Waals surface area contributed by atoms with Gasteiger partial charge in [-0.3, -0.25) is 14.4 Å². The van der Waals surface area contributed by atoms with Gasteiger partial charge in [0.2, 0.25) is 0 Å². The predicted octanol–water partition coefficient (Wildman–Crippen LogP) is 19.3. The molecule has 6 heteroatoms. The second kappa shape index (κ2) is 55.2. The van der Waals surface area contributed by atoms with Gasteiger partial charge in [0.15, 0.2) is 6.10 Å². The van der Waals surface area contributed by atoms with Crippen LogP contribution in [0.4, 0.5) is 0 Å². The molecule has 0 heterocycles. The maximum Gasteiger partial charge on any atom is 0.306 e. The normalized spacial score (nSPS) is 12.2. The smallest absolute Gasteiger partial charge is 0.306 e. The van der Waals surface area contributed by atoms with E-state index in [9.17, 15) is 14.4 Å². The molecule has 0 bridgehead atoms.